The molecule has 1 saturated carbocycles. The minimum absolute atomic E-state index is 0.149. The number of pyridine rings is 1. The van der Waals surface area contributed by atoms with Crippen LogP contribution >= 0.6 is 0 Å². The molecule has 0 radical (unpaired) electrons. The number of hydrogen-bond acceptors (Lipinski definition) is 3. The van der Waals surface area contributed by atoms with Crippen molar-refractivity contribution < 1.29 is 9.53 Å². The average molecular weight is 433 g/mol. The lowest BCUT2D eigenvalue weighted by atomic mass is 9.87. The molecule has 32 heavy (non-hydrogen) atoms. The number of carbonyl (C=O) groups is 1. The number of benzene rings is 1. The lowest BCUT2D eigenvalue weighted by Crippen LogP contribution is -2.41. The molecule has 0 bridgehead atoms. The minimum Gasteiger partial charge on any atom is -0.444 e. The van der Waals surface area contributed by atoms with E-state index in [2.05, 4.69) is 29.2 Å². The number of amides is 1. The monoisotopic (exact) mass is 432 g/mol. The maximum Gasteiger partial charge on any atom is 0.410 e. The quantitative estimate of drug-likeness (QED) is 0.563. The molecule has 4 nitrogen and oxygen atoms in total. The van der Waals surface area contributed by atoms with Gasteiger partial charge in [0.15, 0.2) is 0 Å². The summed E-state index contributed by atoms with van der Waals surface area (Å²) in [6.45, 7) is 7.48. The van der Waals surface area contributed by atoms with Gasteiger partial charge in [-0.15, -0.1) is 0 Å². The van der Waals surface area contributed by atoms with Gasteiger partial charge < -0.3 is 9.64 Å². The van der Waals surface area contributed by atoms with Gasteiger partial charge in [-0.05, 0) is 105 Å². The van der Waals surface area contributed by atoms with E-state index in [0.717, 1.165) is 37.8 Å². The second kappa shape index (κ2) is 8.20. The standard InChI is InChI=1S/C28H36N2O2/c1-27(2,3)32-26(31)30-15-11-20(12-16-30)6-9-24-18-28(24)13-10-21-7-8-22(17-25(21)28)23-5-4-14-29-19-23/h4-5,7-8,14,17,19-20,24H,6,9-13,15-16,18H2,1-3H3. The van der Waals surface area contributed by atoms with Gasteiger partial charge in [-0.3, -0.25) is 4.98 Å². The highest BCUT2D eigenvalue weighted by molar-refractivity contribution is 5.68. The molecule has 170 valence electrons. The van der Waals surface area contributed by atoms with Crippen molar-refractivity contribution in [3.63, 3.8) is 0 Å². The summed E-state index contributed by atoms with van der Waals surface area (Å²) in [6.07, 6.45) is 12.4. The Labute approximate surface area is 192 Å². The Morgan fingerprint density at radius 2 is 1.97 bits per heavy atom. The zero-order chi connectivity index (χ0) is 22.3. The number of aromatic nitrogens is 1. The van der Waals surface area contributed by atoms with Gasteiger partial charge in [-0.25, -0.2) is 4.79 Å². The fraction of sp³-hybridized carbons (Fsp3) is 0.571. The number of nitrogens with zero attached hydrogens (tertiary/aromatic N) is 2. The first-order valence-electron chi connectivity index (χ1n) is 12.4. The first-order valence-corrected chi connectivity index (χ1v) is 12.4. The van der Waals surface area contributed by atoms with E-state index in [1.165, 1.54) is 43.2 Å². The number of piperidine rings is 1. The molecule has 1 aromatic heterocycles. The van der Waals surface area contributed by atoms with Crippen LogP contribution in [0.15, 0.2) is 42.7 Å². The summed E-state index contributed by atoms with van der Waals surface area (Å²) in [5.74, 6) is 1.57. The SMILES string of the molecule is CC(C)(C)OC(=O)N1CCC(CCC2CC23CCc2ccc(-c4cccnc4)cc23)CC1. The molecule has 3 aliphatic rings. The number of rotatable bonds is 4. The van der Waals surface area contributed by atoms with E-state index in [0.29, 0.717) is 5.41 Å². The molecule has 1 spiro atoms. The van der Waals surface area contributed by atoms with Gasteiger partial charge in [0, 0.05) is 25.5 Å². The molecule has 1 aromatic carbocycles. The van der Waals surface area contributed by atoms with Crippen LogP contribution in [-0.4, -0.2) is 34.7 Å². The number of hydrogen-bond donors (Lipinski definition) is 0. The van der Waals surface area contributed by atoms with Crippen LogP contribution < -0.4 is 0 Å². The summed E-state index contributed by atoms with van der Waals surface area (Å²) < 4.78 is 5.54. The zero-order valence-corrected chi connectivity index (χ0v) is 19.8. The molecule has 1 amide bonds. The van der Waals surface area contributed by atoms with E-state index in [1.54, 1.807) is 11.1 Å². The third-order valence-electron chi connectivity index (χ3n) is 7.90. The smallest absolute Gasteiger partial charge is 0.410 e. The lowest BCUT2D eigenvalue weighted by Gasteiger charge is -2.33. The number of aryl methyl sites for hydroxylation is 1. The number of carbonyl (C=O) groups excluding carboxylic acids is 1. The lowest BCUT2D eigenvalue weighted by molar-refractivity contribution is 0.0180. The number of likely N-dealkylation sites (tertiary alicyclic amines) is 1. The van der Waals surface area contributed by atoms with Crippen molar-refractivity contribution >= 4 is 6.09 Å². The maximum absolute atomic E-state index is 12.3. The molecule has 4 heteroatoms. The Hall–Kier alpha value is -2.36. The Morgan fingerprint density at radius 3 is 2.69 bits per heavy atom. The Balaban J connectivity index is 1.16. The van der Waals surface area contributed by atoms with E-state index >= 15 is 0 Å². The molecule has 1 saturated heterocycles. The summed E-state index contributed by atoms with van der Waals surface area (Å²) in [5.41, 5.74) is 5.71. The molecule has 2 aromatic rings. The van der Waals surface area contributed by atoms with E-state index < -0.39 is 5.60 Å². The van der Waals surface area contributed by atoms with Gasteiger partial charge in [-0.2, -0.15) is 0 Å². The van der Waals surface area contributed by atoms with Gasteiger partial charge in [0.05, 0.1) is 0 Å². The summed E-state index contributed by atoms with van der Waals surface area (Å²) in [5, 5.41) is 0. The van der Waals surface area contributed by atoms with Crippen LogP contribution in [0.1, 0.15) is 70.4 Å². The van der Waals surface area contributed by atoms with Gasteiger partial charge in [0.25, 0.3) is 0 Å². The van der Waals surface area contributed by atoms with Crippen LogP contribution in [0.25, 0.3) is 11.1 Å². The largest absolute Gasteiger partial charge is 0.444 e. The first kappa shape index (κ1) is 21.5. The molecule has 1 aliphatic heterocycles. The van der Waals surface area contributed by atoms with Gasteiger partial charge in [0.2, 0.25) is 0 Å². The van der Waals surface area contributed by atoms with Crippen molar-refractivity contribution in [2.24, 2.45) is 11.8 Å². The maximum atomic E-state index is 12.3. The summed E-state index contributed by atoms with van der Waals surface area (Å²) >= 11 is 0. The third kappa shape index (κ3) is 4.29. The predicted molar refractivity (Wildman–Crippen MR) is 128 cm³/mol. The highest BCUT2D eigenvalue weighted by Gasteiger charge is 2.57. The van der Waals surface area contributed by atoms with E-state index in [9.17, 15) is 4.79 Å². The van der Waals surface area contributed by atoms with E-state index in [4.69, 9.17) is 4.74 Å². The topological polar surface area (TPSA) is 42.4 Å². The molecule has 0 N–H and O–H groups in total. The second-order valence-corrected chi connectivity index (χ2v) is 11.2. The molecule has 2 aliphatic carbocycles. The molecule has 2 fully saturated rings. The van der Waals surface area contributed by atoms with Crippen LogP contribution in [0.5, 0.6) is 0 Å². The molecule has 5 rings (SSSR count). The summed E-state index contributed by atoms with van der Waals surface area (Å²) in [4.78, 5) is 18.5. The molecular weight excluding hydrogens is 396 g/mol. The predicted octanol–water partition coefficient (Wildman–Crippen LogP) is 6.38. The van der Waals surface area contributed by atoms with Crippen molar-refractivity contribution in [3.05, 3.63) is 53.9 Å². The van der Waals surface area contributed by atoms with Gasteiger partial charge in [-0.1, -0.05) is 30.7 Å². The fourth-order valence-electron chi connectivity index (χ4n) is 6.03. The number of ether oxygens (including phenoxy) is 1. The Kier molecular flexibility index (Phi) is 5.51. The Bertz CT molecular complexity index is 973. The fourth-order valence-corrected chi connectivity index (χ4v) is 6.03. The Morgan fingerprint density at radius 1 is 1.16 bits per heavy atom. The van der Waals surface area contributed by atoms with Gasteiger partial charge >= 0.3 is 6.09 Å². The van der Waals surface area contributed by atoms with Crippen molar-refractivity contribution in [3.8, 4) is 11.1 Å². The normalized spacial score (nSPS) is 25.1. The van der Waals surface area contributed by atoms with Crippen LogP contribution in [0.3, 0.4) is 0 Å². The van der Waals surface area contributed by atoms with E-state index in [-0.39, 0.29) is 6.09 Å². The van der Waals surface area contributed by atoms with Crippen molar-refractivity contribution in [2.45, 2.75) is 76.7 Å². The summed E-state index contributed by atoms with van der Waals surface area (Å²) in [6, 6.07) is 11.3. The molecule has 2 atom stereocenters. The van der Waals surface area contributed by atoms with Crippen molar-refractivity contribution in [1.82, 2.24) is 9.88 Å². The van der Waals surface area contributed by atoms with Gasteiger partial charge in [0.1, 0.15) is 5.60 Å². The van der Waals surface area contributed by atoms with Crippen molar-refractivity contribution in [1.29, 1.82) is 0 Å². The molecule has 2 unspecified atom stereocenters. The first-order chi connectivity index (χ1) is 15.3. The molecule has 2 heterocycles. The third-order valence-corrected chi connectivity index (χ3v) is 7.90. The second-order valence-electron chi connectivity index (χ2n) is 11.2. The van der Waals surface area contributed by atoms with Crippen LogP contribution in [0.2, 0.25) is 0 Å². The highest BCUT2D eigenvalue weighted by atomic mass is 16.6. The van der Waals surface area contributed by atoms with Crippen LogP contribution in [0, 0.1) is 11.8 Å². The summed E-state index contributed by atoms with van der Waals surface area (Å²) in [7, 11) is 0. The minimum atomic E-state index is -0.414. The number of fused-ring (bicyclic) bond motifs is 2. The zero-order valence-electron chi connectivity index (χ0n) is 19.8. The van der Waals surface area contributed by atoms with Crippen molar-refractivity contribution in [2.75, 3.05) is 13.1 Å². The van der Waals surface area contributed by atoms with Crippen LogP contribution in [-0.2, 0) is 16.6 Å². The van der Waals surface area contributed by atoms with Crippen LogP contribution in [0.4, 0.5) is 4.79 Å². The highest BCUT2D eigenvalue weighted by Crippen LogP contribution is 2.63. The average Bonchev–Trinajstić information content (AvgIpc) is 3.37. The van der Waals surface area contributed by atoms with E-state index in [1.807, 2.05) is 44.1 Å². The molecular formula is C28H36N2O2.